The average molecular weight is 184 g/mol. The summed E-state index contributed by atoms with van der Waals surface area (Å²) in [6.07, 6.45) is 3.86. The number of hydrogen-bond acceptors (Lipinski definition) is 2. The van der Waals surface area contributed by atoms with Crippen molar-refractivity contribution in [3.05, 3.63) is 41.9 Å². The summed E-state index contributed by atoms with van der Waals surface area (Å²) in [6.45, 7) is 3.98. The number of nitrogens with zero attached hydrogens (tertiary/aromatic N) is 2. The predicted molar refractivity (Wildman–Crippen MR) is 59.0 cm³/mol. The van der Waals surface area contributed by atoms with E-state index in [2.05, 4.69) is 9.97 Å². The SMILES string of the molecule is C/C=C/c1nc(C)c2ccccc2n1. The van der Waals surface area contributed by atoms with Gasteiger partial charge in [0.2, 0.25) is 0 Å². The zero-order valence-corrected chi connectivity index (χ0v) is 8.36. The minimum absolute atomic E-state index is 0.781. The molecule has 0 aliphatic heterocycles. The molecule has 0 amide bonds. The van der Waals surface area contributed by atoms with E-state index in [0.29, 0.717) is 0 Å². The summed E-state index contributed by atoms with van der Waals surface area (Å²) in [7, 11) is 0. The van der Waals surface area contributed by atoms with Gasteiger partial charge in [0.1, 0.15) is 0 Å². The van der Waals surface area contributed by atoms with Crippen molar-refractivity contribution in [2.24, 2.45) is 0 Å². The summed E-state index contributed by atoms with van der Waals surface area (Å²) in [4.78, 5) is 8.82. The largest absolute Gasteiger partial charge is 0.233 e. The van der Waals surface area contributed by atoms with Crippen molar-refractivity contribution in [2.75, 3.05) is 0 Å². The highest BCUT2D eigenvalue weighted by Crippen LogP contribution is 2.14. The summed E-state index contributed by atoms with van der Waals surface area (Å²) in [5, 5.41) is 1.13. The fourth-order valence-electron chi connectivity index (χ4n) is 1.48. The van der Waals surface area contributed by atoms with Crippen LogP contribution in [0.15, 0.2) is 30.3 Å². The van der Waals surface area contributed by atoms with Crippen LogP contribution in [-0.2, 0) is 0 Å². The second-order valence-corrected chi connectivity index (χ2v) is 3.18. The lowest BCUT2D eigenvalue weighted by molar-refractivity contribution is 1.12. The van der Waals surface area contributed by atoms with Crippen molar-refractivity contribution in [1.82, 2.24) is 9.97 Å². The summed E-state index contributed by atoms with van der Waals surface area (Å²) >= 11 is 0. The van der Waals surface area contributed by atoms with E-state index in [0.717, 1.165) is 22.4 Å². The lowest BCUT2D eigenvalue weighted by atomic mass is 10.2. The molecular formula is C12H12N2. The normalized spacial score (nSPS) is 11.3. The molecule has 2 aromatic rings. The molecule has 0 fully saturated rings. The standard InChI is InChI=1S/C12H12N2/c1-3-6-12-13-9(2)10-7-4-5-8-11(10)14-12/h3-8H,1-2H3/b6-3+. The fraction of sp³-hybridized carbons (Fsp3) is 0.167. The maximum atomic E-state index is 4.43. The Morgan fingerprint density at radius 2 is 1.93 bits per heavy atom. The first-order valence-corrected chi connectivity index (χ1v) is 4.67. The van der Waals surface area contributed by atoms with E-state index < -0.39 is 0 Å². The van der Waals surface area contributed by atoms with Crippen LogP contribution in [0.3, 0.4) is 0 Å². The molecule has 0 radical (unpaired) electrons. The second kappa shape index (κ2) is 3.58. The molecule has 0 unspecified atom stereocenters. The quantitative estimate of drug-likeness (QED) is 0.681. The molecule has 1 heterocycles. The Bertz CT molecular complexity index is 487. The van der Waals surface area contributed by atoms with E-state index in [1.807, 2.05) is 50.3 Å². The molecular weight excluding hydrogens is 172 g/mol. The van der Waals surface area contributed by atoms with Gasteiger partial charge in [0.15, 0.2) is 5.82 Å². The summed E-state index contributed by atoms with van der Waals surface area (Å²) < 4.78 is 0. The van der Waals surface area contributed by atoms with Crippen LogP contribution >= 0.6 is 0 Å². The van der Waals surface area contributed by atoms with Gasteiger partial charge in [-0.25, -0.2) is 9.97 Å². The second-order valence-electron chi connectivity index (χ2n) is 3.18. The number of rotatable bonds is 1. The number of para-hydroxylation sites is 1. The first kappa shape index (κ1) is 8.88. The van der Waals surface area contributed by atoms with Gasteiger partial charge < -0.3 is 0 Å². The van der Waals surface area contributed by atoms with Crippen LogP contribution in [0.2, 0.25) is 0 Å². The zero-order valence-electron chi connectivity index (χ0n) is 8.36. The third kappa shape index (κ3) is 1.51. The summed E-state index contributed by atoms with van der Waals surface area (Å²) in [6, 6.07) is 8.06. The molecule has 0 atom stereocenters. The molecule has 0 saturated heterocycles. The monoisotopic (exact) mass is 184 g/mol. The van der Waals surface area contributed by atoms with Crippen LogP contribution in [0.1, 0.15) is 18.4 Å². The molecule has 70 valence electrons. The minimum atomic E-state index is 0.781. The van der Waals surface area contributed by atoms with Gasteiger partial charge in [0.25, 0.3) is 0 Å². The van der Waals surface area contributed by atoms with Gasteiger partial charge in [-0.05, 0) is 26.0 Å². The first-order chi connectivity index (χ1) is 6.81. The van der Waals surface area contributed by atoms with E-state index in [9.17, 15) is 0 Å². The van der Waals surface area contributed by atoms with Crippen LogP contribution in [-0.4, -0.2) is 9.97 Å². The smallest absolute Gasteiger partial charge is 0.152 e. The Labute approximate surface area is 83.3 Å². The van der Waals surface area contributed by atoms with E-state index >= 15 is 0 Å². The number of hydrogen-bond donors (Lipinski definition) is 0. The molecule has 0 spiro atoms. The summed E-state index contributed by atoms with van der Waals surface area (Å²) in [5.74, 6) is 0.781. The molecule has 14 heavy (non-hydrogen) atoms. The van der Waals surface area contributed by atoms with Crippen LogP contribution in [0.25, 0.3) is 17.0 Å². The van der Waals surface area contributed by atoms with Gasteiger partial charge in [-0.3, -0.25) is 0 Å². The van der Waals surface area contributed by atoms with Crippen molar-refractivity contribution < 1.29 is 0 Å². The van der Waals surface area contributed by atoms with Crippen molar-refractivity contribution >= 4 is 17.0 Å². The average Bonchev–Trinajstić information content (AvgIpc) is 2.18. The third-order valence-electron chi connectivity index (χ3n) is 2.13. The maximum Gasteiger partial charge on any atom is 0.152 e. The lowest BCUT2D eigenvalue weighted by Crippen LogP contribution is -1.92. The number of aromatic nitrogens is 2. The lowest BCUT2D eigenvalue weighted by Gasteiger charge is -2.01. The third-order valence-corrected chi connectivity index (χ3v) is 2.13. The van der Waals surface area contributed by atoms with Crippen molar-refractivity contribution in [1.29, 1.82) is 0 Å². The molecule has 0 aliphatic carbocycles. The van der Waals surface area contributed by atoms with Crippen molar-refractivity contribution in [3.8, 4) is 0 Å². The van der Waals surface area contributed by atoms with Crippen LogP contribution < -0.4 is 0 Å². The number of benzene rings is 1. The van der Waals surface area contributed by atoms with Gasteiger partial charge in [0, 0.05) is 11.1 Å². The first-order valence-electron chi connectivity index (χ1n) is 4.67. The highest BCUT2D eigenvalue weighted by atomic mass is 14.9. The molecule has 2 nitrogen and oxygen atoms in total. The Hall–Kier alpha value is -1.70. The van der Waals surface area contributed by atoms with E-state index in [1.165, 1.54) is 0 Å². The Kier molecular flexibility index (Phi) is 2.27. The van der Waals surface area contributed by atoms with Gasteiger partial charge >= 0.3 is 0 Å². The van der Waals surface area contributed by atoms with Gasteiger partial charge in [-0.15, -0.1) is 0 Å². The predicted octanol–water partition coefficient (Wildman–Crippen LogP) is 2.97. The van der Waals surface area contributed by atoms with Crippen LogP contribution in [0, 0.1) is 6.92 Å². The van der Waals surface area contributed by atoms with Crippen LogP contribution in [0.4, 0.5) is 0 Å². The number of aryl methyl sites for hydroxylation is 1. The maximum absolute atomic E-state index is 4.43. The topological polar surface area (TPSA) is 25.8 Å². The molecule has 0 saturated carbocycles. The number of fused-ring (bicyclic) bond motifs is 1. The highest BCUT2D eigenvalue weighted by molar-refractivity contribution is 5.81. The van der Waals surface area contributed by atoms with Crippen LogP contribution in [0.5, 0.6) is 0 Å². The molecule has 2 rings (SSSR count). The Morgan fingerprint density at radius 1 is 1.14 bits per heavy atom. The van der Waals surface area contributed by atoms with Gasteiger partial charge in [0.05, 0.1) is 5.52 Å². The minimum Gasteiger partial charge on any atom is -0.233 e. The highest BCUT2D eigenvalue weighted by Gasteiger charge is 2.00. The van der Waals surface area contributed by atoms with E-state index in [1.54, 1.807) is 0 Å². The fourth-order valence-corrected chi connectivity index (χ4v) is 1.48. The molecule has 0 N–H and O–H groups in total. The molecule has 1 aromatic heterocycles. The van der Waals surface area contributed by atoms with E-state index in [-0.39, 0.29) is 0 Å². The zero-order chi connectivity index (χ0) is 9.97. The molecule has 1 aromatic carbocycles. The number of allylic oxidation sites excluding steroid dienone is 1. The van der Waals surface area contributed by atoms with Crippen molar-refractivity contribution in [2.45, 2.75) is 13.8 Å². The summed E-state index contributed by atoms with van der Waals surface area (Å²) in [5.41, 5.74) is 2.04. The molecule has 0 bridgehead atoms. The van der Waals surface area contributed by atoms with Gasteiger partial charge in [-0.2, -0.15) is 0 Å². The Morgan fingerprint density at radius 3 is 2.71 bits per heavy atom. The van der Waals surface area contributed by atoms with E-state index in [4.69, 9.17) is 0 Å². The molecule has 0 aliphatic rings. The van der Waals surface area contributed by atoms with Crippen molar-refractivity contribution in [3.63, 3.8) is 0 Å². The molecule has 2 heteroatoms. The van der Waals surface area contributed by atoms with Gasteiger partial charge in [-0.1, -0.05) is 24.3 Å². The Balaban J connectivity index is 2.72.